The highest BCUT2D eigenvalue weighted by Crippen LogP contribution is 2.42. The number of hydrogen-bond donors (Lipinski definition) is 0. The second-order valence-corrected chi connectivity index (χ2v) is 5.25. The van der Waals surface area contributed by atoms with Gasteiger partial charge in [-0.2, -0.15) is 0 Å². The summed E-state index contributed by atoms with van der Waals surface area (Å²) in [7, 11) is 0. The normalized spacial score (nSPS) is 22.4. The van der Waals surface area contributed by atoms with E-state index in [2.05, 4.69) is 42.2 Å². The molecule has 0 radical (unpaired) electrons. The van der Waals surface area contributed by atoms with Gasteiger partial charge in [0.05, 0.1) is 12.6 Å². The lowest BCUT2D eigenvalue weighted by Gasteiger charge is -2.25. The molecule has 2 aromatic carbocycles. The van der Waals surface area contributed by atoms with Crippen LogP contribution in [0.25, 0.3) is 0 Å². The molecule has 0 bridgehead atoms. The number of fused-ring (bicyclic) bond motifs is 3. The number of nitrogens with zero attached hydrogens (tertiary/aromatic N) is 2. The van der Waals surface area contributed by atoms with Crippen molar-refractivity contribution < 1.29 is 4.84 Å². The Labute approximate surface area is 118 Å². The maximum atomic E-state index is 6.29. The Bertz CT molecular complexity index is 731. The standard InChI is InChI=1S/C17H15N2O/c1-13-6-8-16(9-7-13)20-19-12-18-11-15(19)10-14-4-2-3-5-17(14)19/h2-9,11-12H,10H2,1H3/q+1. The summed E-state index contributed by atoms with van der Waals surface area (Å²) in [6, 6.07) is 16.5. The van der Waals surface area contributed by atoms with Crippen LogP contribution < -0.4 is 9.48 Å². The number of aliphatic imine (C=N–C) groups is 1. The lowest BCUT2D eigenvalue weighted by Crippen LogP contribution is -2.46. The molecule has 0 aliphatic carbocycles. The summed E-state index contributed by atoms with van der Waals surface area (Å²) >= 11 is 0. The number of para-hydroxylation sites is 1. The van der Waals surface area contributed by atoms with Gasteiger partial charge in [0.1, 0.15) is 0 Å². The van der Waals surface area contributed by atoms with Gasteiger partial charge in [0, 0.05) is 11.6 Å². The Kier molecular flexibility index (Phi) is 2.32. The van der Waals surface area contributed by atoms with Crippen LogP contribution in [0.5, 0.6) is 5.75 Å². The summed E-state index contributed by atoms with van der Waals surface area (Å²) in [6.07, 6.45) is 4.66. The van der Waals surface area contributed by atoms with E-state index in [0.29, 0.717) is 0 Å². The monoisotopic (exact) mass is 263 g/mol. The minimum absolute atomic E-state index is 0.277. The van der Waals surface area contributed by atoms with Gasteiger partial charge in [-0.1, -0.05) is 35.9 Å². The quantitative estimate of drug-likeness (QED) is 0.756. The number of aryl methyl sites for hydroxylation is 1. The molecule has 0 fully saturated rings. The lowest BCUT2D eigenvalue weighted by molar-refractivity contribution is 0.0761. The molecule has 20 heavy (non-hydrogen) atoms. The van der Waals surface area contributed by atoms with E-state index in [1.165, 1.54) is 11.1 Å². The molecule has 0 saturated heterocycles. The summed E-state index contributed by atoms with van der Waals surface area (Å²) in [6.45, 7) is 2.07. The molecule has 2 heterocycles. The van der Waals surface area contributed by atoms with E-state index < -0.39 is 0 Å². The molecule has 0 spiro atoms. The van der Waals surface area contributed by atoms with Crippen molar-refractivity contribution in [3.63, 3.8) is 0 Å². The first-order chi connectivity index (χ1) is 9.78. The first-order valence-corrected chi connectivity index (χ1v) is 6.75. The number of rotatable bonds is 2. The summed E-state index contributed by atoms with van der Waals surface area (Å²) in [5.74, 6) is 0.853. The van der Waals surface area contributed by atoms with Crippen LogP contribution in [0.1, 0.15) is 11.1 Å². The number of benzene rings is 2. The second kappa shape index (κ2) is 4.05. The zero-order valence-electron chi connectivity index (χ0n) is 11.3. The minimum Gasteiger partial charge on any atom is -0.298 e. The average Bonchev–Trinajstić information content (AvgIpc) is 2.97. The van der Waals surface area contributed by atoms with Crippen LogP contribution in [0.3, 0.4) is 0 Å². The molecule has 0 saturated carbocycles. The Balaban J connectivity index is 1.80. The third-order valence-corrected chi connectivity index (χ3v) is 3.87. The molecule has 2 aliphatic rings. The second-order valence-electron chi connectivity index (χ2n) is 5.25. The van der Waals surface area contributed by atoms with Crippen LogP contribution in [0.2, 0.25) is 0 Å². The molecule has 1 atom stereocenters. The van der Waals surface area contributed by atoms with Crippen molar-refractivity contribution in [2.45, 2.75) is 13.3 Å². The third-order valence-electron chi connectivity index (χ3n) is 3.87. The zero-order valence-corrected chi connectivity index (χ0v) is 11.3. The number of quaternary nitrogens is 1. The molecule has 98 valence electrons. The molecule has 4 rings (SSSR count). The number of hydroxylamine groups is 2. The van der Waals surface area contributed by atoms with Crippen LogP contribution in [0.4, 0.5) is 5.69 Å². The fourth-order valence-corrected chi connectivity index (χ4v) is 2.83. The van der Waals surface area contributed by atoms with Gasteiger partial charge in [-0.05, 0) is 23.7 Å². The van der Waals surface area contributed by atoms with Gasteiger partial charge in [-0.25, -0.2) is 4.99 Å². The predicted octanol–water partition coefficient (Wildman–Crippen LogP) is 3.74. The highest BCUT2D eigenvalue weighted by atomic mass is 16.7. The summed E-state index contributed by atoms with van der Waals surface area (Å²) in [4.78, 5) is 10.6. The molecular weight excluding hydrogens is 248 g/mol. The summed E-state index contributed by atoms with van der Waals surface area (Å²) in [5.41, 5.74) is 4.84. The van der Waals surface area contributed by atoms with Gasteiger partial charge in [-0.15, -0.1) is 0 Å². The molecule has 0 amide bonds. The topological polar surface area (TPSA) is 21.6 Å². The van der Waals surface area contributed by atoms with Crippen LogP contribution in [-0.4, -0.2) is 6.34 Å². The Morgan fingerprint density at radius 3 is 2.70 bits per heavy atom. The molecule has 3 nitrogen and oxygen atoms in total. The smallest absolute Gasteiger partial charge is 0.243 e. The van der Waals surface area contributed by atoms with Gasteiger partial charge >= 0.3 is 0 Å². The van der Waals surface area contributed by atoms with Gasteiger partial charge in [0.25, 0.3) is 0 Å². The molecule has 0 aromatic heterocycles. The summed E-state index contributed by atoms with van der Waals surface area (Å²) in [5, 5.41) is 0. The predicted molar refractivity (Wildman–Crippen MR) is 80.3 cm³/mol. The van der Waals surface area contributed by atoms with E-state index in [-0.39, 0.29) is 4.65 Å². The third kappa shape index (κ3) is 1.53. The van der Waals surface area contributed by atoms with Crippen LogP contribution >= 0.6 is 0 Å². The van der Waals surface area contributed by atoms with Crippen molar-refractivity contribution in [3.05, 3.63) is 71.6 Å². The first kappa shape index (κ1) is 11.4. The molecule has 3 heteroatoms. The minimum atomic E-state index is 0.277. The van der Waals surface area contributed by atoms with E-state index in [9.17, 15) is 0 Å². The SMILES string of the molecule is Cc1ccc(O[N+]23C=NC=C2Cc2ccccc23)cc1. The average molecular weight is 263 g/mol. The van der Waals surface area contributed by atoms with E-state index in [4.69, 9.17) is 4.84 Å². The Morgan fingerprint density at radius 2 is 1.85 bits per heavy atom. The van der Waals surface area contributed by atoms with Crippen molar-refractivity contribution in [2.75, 3.05) is 0 Å². The van der Waals surface area contributed by atoms with Crippen molar-refractivity contribution in [3.8, 4) is 5.75 Å². The molecule has 2 aromatic rings. The van der Waals surface area contributed by atoms with Crippen molar-refractivity contribution in [2.24, 2.45) is 4.99 Å². The maximum absolute atomic E-state index is 6.29. The van der Waals surface area contributed by atoms with Gasteiger partial charge in [0.15, 0.2) is 17.1 Å². The van der Waals surface area contributed by atoms with Gasteiger partial charge in [0.2, 0.25) is 6.34 Å². The van der Waals surface area contributed by atoms with E-state index in [1.807, 2.05) is 30.7 Å². The molecule has 1 unspecified atom stereocenters. The zero-order chi connectivity index (χ0) is 13.6. The van der Waals surface area contributed by atoms with E-state index >= 15 is 0 Å². The Morgan fingerprint density at radius 1 is 1.05 bits per heavy atom. The highest BCUT2D eigenvalue weighted by molar-refractivity contribution is 5.83. The van der Waals surface area contributed by atoms with Gasteiger partial charge < -0.3 is 0 Å². The lowest BCUT2D eigenvalue weighted by atomic mass is 10.1. The number of hydrogen-bond acceptors (Lipinski definition) is 2. The summed E-state index contributed by atoms with van der Waals surface area (Å²) < 4.78 is 0.277. The first-order valence-electron chi connectivity index (χ1n) is 6.75. The van der Waals surface area contributed by atoms with Gasteiger partial charge in [-0.3, -0.25) is 4.84 Å². The van der Waals surface area contributed by atoms with Crippen LogP contribution in [0.15, 0.2) is 65.4 Å². The molecule has 2 aliphatic heterocycles. The van der Waals surface area contributed by atoms with Crippen molar-refractivity contribution in [1.29, 1.82) is 0 Å². The molecular formula is C17H15N2O+. The maximum Gasteiger partial charge on any atom is 0.243 e. The fourth-order valence-electron chi connectivity index (χ4n) is 2.83. The largest absolute Gasteiger partial charge is 0.298 e. The Hall–Kier alpha value is -2.39. The van der Waals surface area contributed by atoms with Crippen LogP contribution in [0, 0.1) is 6.92 Å². The van der Waals surface area contributed by atoms with E-state index in [1.54, 1.807) is 0 Å². The van der Waals surface area contributed by atoms with E-state index in [0.717, 1.165) is 23.6 Å². The fraction of sp³-hybridized carbons (Fsp3) is 0.118. The highest BCUT2D eigenvalue weighted by Gasteiger charge is 2.48. The van der Waals surface area contributed by atoms with Crippen LogP contribution in [-0.2, 0) is 6.42 Å². The van der Waals surface area contributed by atoms with Crippen molar-refractivity contribution >= 4 is 12.0 Å². The van der Waals surface area contributed by atoms with Crippen molar-refractivity contribution in [1.82, 2.24) is 4.65 Å². The number of allylic oxidation sites excluding steroid dienone is 1. The molecule has 0 N–H and O–H groups in total.